The molecule has 0 saturated heterocycles. The number of carbonyl (C=O) groups excluding carboxylic acids is 1. The van der Waals surface area contributed by atoms with Crippen LogP contribution in [0.2, 0.25) is 0 Å². The Labute approximate surface area is 108 Å². The molecule has 0 bridgehead atoms. The Morgan fingerprint density at radius 2 is 2.17 bits per heavy atom. The number of unbranched alkanes of at least 4 members (excludes halogenated alkanes) is 2. The zero-order valence-corrected chi connectivity index (χ0v) is 10.9. The van der Waals surface area contributed by atoms with Gasteiger partial charge in [0.05, 0.1) is 11.8 Å². The maximum atomic E-state index is 12.1. The van der Waals surface area contributed by atoms with Gasteiger partial charge in [0, 0.05) is 13.6 Å². The lowest BCUT2D eigenvalue weighted by atomic mass is 9.69. The summed E-state index contributed by atoms with van der Waals surface area (Å²) in [6.45, 7) is 7.99. The molecule has 0 radical (unpaired) electrons. The highest BCUT2D eigenvalue weighted by atomic mass is 16.4. The van der Waals surface area contributed by atoms with Gasteiger partial charge in [-0.1, -0.05) is 18.2 Å². The molecule has 0 aromatic carbocycles. The molecule has 2 atom stereocenters. The molecule has 4 nitrogen and oxygen atoms in total. The quantitative estimate of drug-likeness (QED) is 0.556. The fourth-order valence-electron chi connectivity index (χ4n) is 2.26. The fourth-order valence-corrected chi connectivity index (χ4v) is 2.26. The van der Waals surface area contributed by atoms with Crippen LogP contribution in [0.25, 0.3) is 0 Å². The van der Waals surface area contributed by atoms with Gasteiger partial charge in [-0.3, -0.25) is 9.59 Å². The molecule has 0 spiro atoms. The van der Waals surface area contributed by atoms with Crippen molar-refractivity contribution in [3.05, 3.63) is 24.8 Å². The predicted molar refractivity (Wildman–Crippen MR) is 70.1 cm³/mol. The summed E-state index contributed by atoms with van der Waals surface area (Å²) in [5.41, 5.74) is 0.654. The van der Waals surface area contributed by atoms with Gasteiger partial charge in [-0.25, -0.2) is 0 Å². The van der Waals surface area contributed by atoms with E-state index in [1.165, 1.54) is 0 Å². The smallest absolute Gasteiger partial charge is 0.311 e. The van der Waals surface area contributed by atoms with Crippen molar-refractivity contribution in [1.82, 2.24) is 4.90 Å². The highest BCUT2D eigenvalue weighted by molar-refractivity contribution is 5.89. The summed E-state index contributed by atoms with van der Waals surface area (Å²) in [4.78, 5) is 24.7. The van der Waals surface area contributed by atoms with E-state index in [0.717, 1.165) is 19.3 Å². The molecule has 18 heavy (non-hydrogen) atoms. The first-order valence-electron chi connectivity index (χ1n) is 6.25. The lowest BCUT2D eigenvalue weighted by Gasteiger charge is -2.37. The van der Waals surface area contributed by atoms with E-state index in [-0.39, 0.29) is 5.91 Å². The minimum absolute atomic E-state index is 0.0756. The molecule has 1 rings (SSSR count). The summed E-state index contributed by atoms with van der Waals surface area (Å²) in [6.07, 6.45) is 5.23. The topological polar surface area (TPSA) is 57.6 Å². The van der Waals surface area contributed by atoms with E-state index in [1.807, 2.05) is 6.08 Å². The summed E-state index contributed by atoms with van der Waals surface area (Å²) in [5.74, 6) is -2.12. The third-order valence-electron chi connectivity index (χ3n) is 3.44. The lowest BCUT2D eigenvalue weighted by molar-refractivity contribution is -0.151. The highest BCUT2D eigenvalue weighted by Crippen LogP contribution is 2.39. The van der Waals surface area contributed by atoms with Gasteiger partial charge in [0.2, 0.25) is 5.91 Å². The van der Waals surface area contributed by atoms with Crippen LogP contribution < -0.4 is 0 Å². The molecule has 1 aliphatic carbocycles. The Balaban J connectivity index is 2.42. The Hall–Kier alpha value is -1.58. The lowest BCUT2D eigenvalue weighted by Crippen LogP contribution is -2.46. The Morgan fingerprint density at radius 3 is 2.67 bits per heavy atom. The molecule has 4 heteroatoms. The molecule has 1 fully saturated rings. The summed E-state index contributed by atoms with van der Waals surface area (Å²) in [5, 5.41) is 9.01. The number of nitrogens with zero attached hydrogens (tertiary/aromatic N) is 1. The first-order valence-corrected chi connectivity index (χ1v) is 6.25. The molecular formula is C14H21NO3. The zero-order valence-electron chi connectivity index (χ0n) is 10.9. The molecule has 0 aromatic heterocycles. The molecule has 1 aliphatic rings. The average Bonchev–Trinajstić information content (AvgIpc) is 2.29. The van der Waals surface area contributed by atoms with Crippen molar-refractivity contribution in [2.45, 2.75) is 25.7 Å². The van der Waals surface area contributed by atoms with Gasteiger partial charge in [0.15, 0.2) is 0 Å². The second-order valence-corrected chi connectivity index (χ2v) is 4.83. The van der Waals surface area contributed by atoms with Crippen LogP contribution in [0.3, 0.4) is 0 Å². The van der Waals surface area contributed by atoms with Crippen molar-refractivity contribution < 1.29 is 14.7 Å². The van der Waals surface area contributed by atoms with Crippen molar-refractivity contribution in [3.8, 4) is 0 Å². The molecule has 2 unspecified atom stereocenters. The van der Waals surface area contributed by atoms with E-state index in [4.69, 9.17) is 5.11 Å². The fraction of sp³-hybridized carbons (Fsp3) is 0.571. The van der Waals surface area contributed by atoms with E-state index in [0.29, 0.717) is 18.5 Å². The van der Waals surface area contributed by atoms with Gasteiger partial charge in [-0.15, -0.1) is 6.58 Å². The van der Waals surface area contributed by atoms with Crippen molar-refractivity contribution in [2.24, 2.45) is 11.8 Å². The molecule has 1 saturated carbocycles. The van der Waals surface area contributed by atoms with Crippen molar-refractivity contribution in [2.75, 3.05) is 13.6 Å². The van der Waals surface area contributed by atoms with Gasteiger partial charge in [-0.2, -0.15) is 0 Å². The Kier molecular flexibility index (Phi) is 5.13. The van der Waals surface area contributed by atoms with E-state index in [2.05, 4.69) is 13.2 Å². The summed E-state index contributed by atoms with van der Waals surface area (Å²) < 4.78 is 0. The normalized spacial score (nSPS) is 22.2. The molecular weight excluding hydrogens is 230 g/mol. The minimum atomic E-state index is -0.940. The molecule has 1 N–H and O–H groups in total. The molecule has 100 valence electrons. The number of carbonyl (C=O) groups is 2. The van der Waals surface area contributed by atoms with E-state index >= 15 is 0 Å². The van der Waals surface area contributed by atoms with E-state index in [9.17, 15) is 9.59 Å². The number of hydrogen-bond acceptors (Lipinski definition) is 2. The number of rotatable bonds is 7. The number of hydrogen-bond donors (Lipinski definition) is 1. The SMILES string of the molecule is C=CCCCCN(C)C(=O)C1CC(=C)C1C(=O)O. The van der Waals surface area contributed by atoms with Crippen LogP contribution in [-0.4, -0.2) is 35.5 Å². The Morgan fingerprint density at radius 1 is 1.50 bits per heavy atom. The minimum Gasteiger partial charge on any atom is -0.481 e. The van der Waals surface area contributed by atoms with Crippen LogP contribution in [0.15, 0.2) is 24.8 Å². The van der Waals surface area contributed by atoms with Crippen LogP contribution in [0.5, 0.6) is 0 Å². The van der Waals surface area contributed by atoms with Gasteiger partial charge in [0.25, 0.3) is 0 Å². The van der Waals surface area contributed by atoms with E-state index < -0.39 is 17.8 Å². The van der Waals surface area contributed by atoms with Gasteiger partial charge in [0.1, 0.15) is 0 Å². The van der Waals surface area contributed by atoms with Crippen molar-refractivity contribution >= 4 is 11.9 Å². The first-order chi connectivity index (χ1) is 8.49. The van der Waals surface area contributed by atoms with E-state index in [1.54, 1.807) is 11.9 Å². The van der Waals surface area contributed by atoms with Gasteiger partial charge in [-0.05, 0) is 25.7 Å². The van der Waals surface area contributed by atoms with Crippen molar-refractivity contribution in [1.29, 1.82) is 0 Å². The second-order valence-electron chi connectivity index (χ2n) is 4.83. The maximum Gasteiger partial charge on any atom is 0.311 e. The maximum absolute atomic E-state index is 12.1. The summed E-state index contributed by atoms with van der Waals surface area (Å²) in [6, 6.07) is 0. The molecule has 0 aromatic rings. The van der Waals surface area contributed by atoms with Crippen LogP contribution >= 0.6 is 0 Å². The zero-order chi connectivity index (χ0) is 13.7. The Bertz CT molecular complexity index is 354. The van der Waals surface area contributed by atoms with Crippen LogP contribution in [0.1, 0.15) is 25.7 Å². The summed E-state index contributed by atoms with van der Waals surface area (Å²) >= 11 is 0. The molecule has 0 aliphatic heterocycles. The van der Waals surface area contributed by atoms with Crippen LogP contribution in [0.4, 0.5) is 0 Å². The largest absolute Gasteiger partial charge is 0.481 e. The number of carboxylic acid groups (broad SMARTS) is 1. The number of aliphatic carboxylic acids is 1. The monoisotopic (exact) mass is 251 g/mol. The average molecular weight is 251 g/mol. The third kappa shape index (κ3) is 3.22. The third-order valence-corrected chi connectivity index (χ3v) is 3.44. The predicted octanol–water partition coefficient (Wildman–Crippen LogP) is 2.08. The standard InChI is InChI=1S/C14H21NO3/c1-4-5-6-7-8-15(3)13(16)11-9-10(2)12(11)14(17)18/h4,11-12H,1-2,5-9H2,3H3,(H,17,18). The number of allylic oxidation sites excluding steroid dienone is 1. The first kappa shape index (κ1) is 14.5. The summed E-state index contributed by atoms with van der Waals surface area (Å²) in [7, 11) is 1.73. The van der Waals surface area contributed by atoms with Gasteiger partial charge >= 0.3 is 5.97 Å². The number of carboxylic acids is 1. The molecule has 0 heterocycles. The van der Waals surface area contributed by atoms with Gasteiger partial charge < -0.3 is 10.0 Å². The number of amides is 1. The molecule has 1 amide bonds. The van der Waals surface area contributed by atoms with Crippen molar-refractivity contribution in [3.63, 3.8) is 0 Å². The van der Waals surface area contributed by atoms with Crippen LogP contribution in [-0.2, 0) is 9.59 Å². The van der Waals surface area contributed by atoms with Crippen LogP contribution in [0, 0.1) is 11.8 Å². The second kappa shape index (κ2) is 6.38. The highest BCUT2D eigenvalue weighted by Gasteiger charge is 2.45.